The molecule has 1 aromatic heterocycles. The van der Waals surface area contributed by atoms with Crippen LogP contribution in [0.5, 0.6) is 0 Å². The van der Waals surface area contributed by atoms with Gasteiger partial charge in [-0.15, -0.1) is 0 Å². The first kappa shape index (κ1) is 9.92. The van der Waals surface area contributed by atoms with E-state index < -0.39 is 0 Å². The molecule has 0 saturated carbocycles. The Bertz CT molecular complexity index is 287. The molecule has 0 bridgehead atoms. The highest BCUT2D eigenvalue weighted by molar-refractivity contribution is 4.93. The van der Waals surface area contributed by atoms with Gasteiger partial charge in [-0.05, 0) is 13.8 Å². The fourth-order valence-corrected chi connectivity index (χ4v) is 0.830. The number of nitrogens with zero attached hydrogens (tertiary/aromatic N) is 2. The van der Waals surface area contributed by atoms with Gasteiger partial charge in [0, 0.05) is 6.92 Å². The molecule has 0 fully saturated rings. The van der Waals surface area contributed by atoms with Crippen LogP contribution in [0.2, 0.25) is 0 Å². The van der Waals surface area contributed by atoms with Crippen molar-refractivity contribution in [1.29, 1.82) is 0 Å². The fraction of sp³-hybridized carbons (Fsp3) is 0.556. The lowest BCUT2D eigenvalue weighted by atomic mass is 10.4. The van der Waals surface area contributed by atoms with Crippen molar-refractivity contribution in [2.24, 2.45) is 0 Å². The highest BCUT2D eigenvalue weighted by Gasteiger charge is 2.03. The Morgan fingerprint density at radius 2 is 2.31 bits per heavy atom. The van der Waals surface area contributed by atoms with Crippen LogP contribution >= 0.6 is 0 Å². The first-order valence-electron chi connectivity index (χ1n) is 4.26. The van der Waals surface area contributed by atoms with Crippen molar-refractivity contribution in [2.75, 3.05) is 0 Å². The summed E-state index contributed by atoms with van der Waals surface area (Å²) >= 11 is 0. The number of aromatic nitrogens is 2. The van der Waals surface area contributed by atoms with E-state index in [0.717, 1.165) is 4.73 Å². The highest BCUT2D eigenvalue weighted by atomic mass is 16.5. The third-order valence-electron chi connectivity index (χ3n) is 1.60. The summed E-state index contributed by atoms with van der Waals surface area (Å²) in [6, 6.07) is 0. The molecule has 72 valence electrons. The van der Waals surface area contributed by atoms with Crippen LogP contribution in [-0.2, 0) is 11.3 Å². The van der Waals surface area contributed by atoms with Crippen molar-refractivity contribution in [3.05, 3.63) is 29.0 Å². The molecule has 4 nitrogen and oxygen atoms in total. The smallest absolute Gasteiger partial charge is 0.207 e. The molecule has 0 unspecified atom stereocenters. The maximum atomic E-state index is 11.1. The summed E-state index contributed by atoms with van der Waals surface area (Å²) in [5.74, 6) is 0. The van der Waals surface area contributed by atoms with Gasteiger partial charge in [-0.25, -0.2) is 4.98 Å². The van der Waals surface area contributed by atoms with Crippen LogP contribution in [0.4, 0.5) is 0 Å². The van der Waals surface area contributed by atoms with E-state index in [1.165, 1.54) is 6.20 Å². The minimum absolute atomic E-state index is 0.156. The normalized spacial score (nSPS) is 10.8. The summed E-state index contributed by atoms with van der Waals surface area (Å²) in [6.45, 7) is 5.99. The Morgan fingerprint density at radius 1 is 1.62 bits per heavy atom. The van der Waals surface area contributed by atoms with E-state index in [2.05, 4.69) is 4.98 Å². The topological polar surface area (TPSA) is 49.1 Å². The van der Waals surface area contributed by atoms with Gasteiger partial charge in [0.05, 0.1) is 18.9 Å². The van der Waals surface area contributed by atoms with Crippen molar-refractivity contribution in [3.63, 3.8) is 0 Å². The molecular weight excluding hydrogens is 168 g/mol. The summed E-state index contributed by atoms with van der Waals surface area (Å²) in [5.41, 5.74) is 1.25. The maximum Gasteiger partial charge on any atom is 0.207 e. The number of hydrogen-bond acceptors (Lipinski definition) is 3. The number of ether oxygens (including phenoxy) is 1. The lowest BCUT2D eigenvalue weighted by Gasteiger charge is -2.06. The van der Waals surface area contributed by atoms with E-state index in [1.807, 2.05) is 13.8 Å². The average molecular weight is 182 g/mol. The number of hydrogen-bond donors (Lipinski definition) is 0. The Balaban J connectivity index is 2.63. The second-order valence-electron chi connectivity index (χ2n) is 3.21. The maximum absolute atomic E-state index is 11.1. The highest BCUT2D eigenvalue weighted by Crippen LogP contribution is 1.97. The van der Waals surface area contributed by atoms with Crippen molar-refractivity contribution >= 4 is 0 Å². The summed E-state index contributed by atoms with van der Waals surface area (Å²) in [6.07, 6.45) is 3.15. The largest absolute Gasteiger partial charge is 0.618 e. The van der Waals surface area contributed by atoms with E-state index in [0.29, 0.717) is 18.0 Å². The molecule has 0 aromatic carbocycles. The molecule has 0 saturated heterocycles. The summed E-state index contributed by atoms with van der Waals surface area (Å²) < 4.78 is 6.11. The third-order valence-corrected chi connectivity index (χ3v) is 1.60. The van der Waals surface area contributed by atoms with Crippen LogP contribution in [0.15, 0.2) is 12.4 Å². The molecule has 13 heavy (non-hydrogen) atoms. The van der Waals surface area contributed by atoms with Crippen molar-refractivity contribution in [3.8, 4) is 0 Å². The van der Waals surface area contributed by atoms with E-state index in [1.54, 1.807) is 13.1 Å². The van der Waals surface area contributed by atoms with Crippen LogP contribution in [0.1, 0.15) is 25.2 Å². The van der Waals surface area contributed by atoms with Gasteiger partial charge < -0.3 is 9.94 Å². The molecule has 0 aliphatic heterocycles. The van der Waals surface area contributed by atoms with Crippen LogP contribution in [0, 0.1) is 12.1 Å². The Kier molecular flexibility index (Phi) is 3.19. The van der Waals surface area contributed by atoms with Gasteiger partial charge in [0.25, 0.3) is 0 Å². The molecule has 0 atom stereocenters. The van der Waals surface area contributed by atoms with E-state index in [4.69, 9.17) is 4.74 Å². The van der Waals surface area contributed by atoms with Gasteiger partial charge in [-0.3, -0.25) is 0 Å². The first-order valence-corrected chi connectivity index (χ1v) is 4.26. The molecule has 1 aromatic rings. The number of aryl methyl sites for hydroxylation is 1. The molecule has 1 heterocycles. The van der Waals surface area contributed by atoms with Gasteiger partial charge in [0.15, 0.2) is 0 Å². The predicted octanol–water partition coefficient (Wildman–Crippen LogP) is 0.948. The van der Waals surface area contributed by atoms with Gasteiger partial charge in [-0.2, -0.15) is 4.73 Å². The third kappa shape index (κ3) is 2.99. The Hall–Kier alpha value is -1.16. The molecular formula is C9H14N2O2. The molecule has 4 heteroatoms. The molecule has 1 rings (SSSR count). The van der Waals surface area contributed by atoms with Crippen LogP contribution < -0.4 is 4.73 Å². The standard InChI is InChI=1S/C9H14N2O2/c1-7(2)13-6-9-5-11(12)8(3)4-10-9/h4-5,7H,6H2,1-3H3. The second-order valence-corrected chi connectivity index (χ2v) is 3.21. The molecule has 0 radical (unpaired) electrons. The van der Waals surface area contributed by atoms with Crippen molar-refractivity contribution < 1.29 is 9.47 Å². The van der Waals surface area contributed by atoms with Crippen LogP contribution in [-0.4, -0.2) is 11.1 Å². The summed E-state index contributed by atoms with van der Waals surface area (Å²) in [4.78, 5) is 4.07. The van der Waals surface area contributed by atoms with Crippen molar-refractivity contribution in [1.82, 2.24) is 4.98 Å². The Labute approximate surface area is 77.8 Å². The zero-order valence-electron chi connectivity index (χ0n) is 8.15. The lowest BCUT2D eigenvalue weighted by Crippen LogP contribution is -2.30. The zero-order chi connectivity index (χ0) is 9.84. The van der Waals surface area contributed by atoms with Gasteiger partial charge in [-0.1, -0.05) is 0 Å². The SMILES string of the molecule is Cc1cnc(COC(C)C)c[n+]1[O-]. The van der Waals surface area contributed by atoms with Crippen molar-refractivity contribution in [2.45, 2.75) is 33.5 Å². The summed E-state index contributed by atoms with van der Waals surface area (Å²) in [5, 5.41) is 11.1. The Morgan fingerprint density at radius 3 is 2.85 bits per heavy atom. The van der Waals surface area contributed by atoms with Crippen LogP contribution in [0.25, 0.3) is 0 Å². The van der Waals surface area contributed by atoms with Gasteiger partial charge >= 0.3 is 0 Å². The van der Waals surface area contributed by atoms with Gasteiger partial charge in [0.1, 0.15) is 5.69 Å². The monoisotopic (exact) mass is 182 g/mol. The molecule has 0 spiro atoms. The first-order chi connectivity index (χ1) is 6.09. The molecule has 0 N–H and O–H groups in total. The lowest BCUT2D eigenvalue weighted by molar-refractivity contribution is -0.613. The van der Waals surface area contributed by atoms with E-state index in [9.17, 15) is 5.21 Å². The predicted molar refractivity (Wildman–Crippen MR) is 47.9 cm³/mol. The van der Waals surface area contributed by atoms with Gasteiger partial charge in [0.2, 0.25) is 11.9 Å². The molecule has 0 aliphatic carbocycles. The molecule has 0 amide bonds. The molecule has 0 aliphatic rings. The van der Waals surface area contributed by atoms with E-state index in [-0.39, 0.29) is 6.10 Å². The summed E-state index contributed by atoms with van der Waals surface area (Å²) in [7, 11) is 0. The minimum atomic E-state index is 0.156. The minimum Gasteiger partial charge on any atom is -0.618 e. The van der Waals surface area contributed by atoms with Crippen LogP contribution in [0.3, 0.4) is 0 Å². The average Bonchev–Trinajstić information content (AvgIpc) is 2.07. The zero-order valence-corrected chi connectivity index (χ0v) is 8.15. The second kappa shape index (κ2) is 4.18. The fourth-order valence-electron chi connectivity index (χ4n) is 0.830. The number of rotatable bonds is 3. The van der Waals surface area contributed by atoms with E-state index >= 15 is 0 Å². The quantitative estimate of drug-likeness (QED) is 0.516.